The first-order chi connectivity index (χ1) is 6.74. The number of hydrogen-bond donors (Lipinski definition) is 2. The van der Waals surface area contributed by atoms with E-state index in [0.29, 0.717) is 13.1 Å². The summed E-state index contributed by atoms with van der Waals surface area (Å²) in [5.41, 5.74) is 5.29. The SMILES string of the molecule is NCCCCNc1ncc(F)cc1F. The van der Waals surface area contributed by atoms with Crippen LogP contribution in [0.2, 0.25) is 0 Å². The second-order valence-electron chi connectivity index (χ2n) is 2.91. The first kappa shape index (κ1) is 10.8. The van der Waals surface area contributed by atoms with Crippen molar-refractivity contribution in [2.24, 2.45) is 5.73 Å². The highest BCUT2D eigenvalue weighted by atomic mass is 19.1. The molecule has 0 bridgehead atoms. The fraction of sp³-hybridized carbons (Fsp3) is 0.444. The molecule has 3 N–H and O–H groups in total. The second kappa shape index (κ2) is 5.49. The minimum Gasteiger partial charge on any atom is -0.368 e. The molecule has 0 spiro atoms. The minimum atomic E-state index is -0.671. The van der Waals surface area contributed by atoms with Crippen molar-refractivity contribution in [1.29, 1.82) is 0 Å². The number of halogens is 2. The van der Waals surface area contributed by atoms with Gasteiger partial charge in [-0.25, -0.2) is 13.8 Å². The molecule has 0 amide bonds. The maximum atomic E-state index is 13.0. The molecule has 3 nitrogen and oxygen atoms in total. The van der Waals surface area contributed by atoms with Gasteiger partial charge < -0.3 is 11.1 Å². The lowest BCUT2D eigenvalue weighted by molar-refractivity contribution is 0.575. The zero-order valence-electron chi connectivity index (χ0n) is 7.76. The van der Waals surface area contributed by atoms with Gasteiger partial charge >= 0.3 is 0 Å². The number of aromatic nitrogens is 1. The standard InChI is InChI=1S/C9H13F2N3/c10-7-5-8(11)9(14-6-7)13-4-2-1-3-12/h5-6H,1-4,12H2,(H,13,14). The summed E-state index contributed by atoms with van der Waals surface area (Å²) >= 11 is 0. The molecule has 1 heterocycles. The number of unbranched alkanes of at least 4 members (excludes halogenated alkanes) is 1. The van der Waals surface area contributed by atoms with Crippen molar-refractivity contribution in [3.63, 3.8) is 0 Å². The van der Waals surface area contributed by atoms with Crippen LogP contribution in [0.4, 0.5) is 14.6 Å². The molecule has 0 fully saturated rings. The van der Waals surface area contributed by atoms with Crippen molar-refractivity contribution in [1.82, 2.24) is 4.98 Å². The minimum absolute atomic E-state index is 0.0865. The summed E-state index contributed by atoms with van der Waals surface area (Å²) in [4.78, 5) is 3.58. The van der Waals surface area contributed by atoms with Gasteiger partial charge in [-0.3, -0.25) is 0 Å². The Balaban J connectivity index is 2.42. The van der Waals surface area contributed by atoms with Gasteiger partial charge in [0.2, 0.25) is 0 Å². The molecule has 0 aliphatic carbocycles. The van der Waals surface area contributed by atoms with Crippen LogP contribution in [0.25, 0.3) is 0 Å². The lowest BCUT2D eigenvalue weighted by Gasteiger charge is -2.05. The summed E-state index contributed by atoms with van der Waals surface area (Å²) in [5.74, 6) is -1.25. The van der Waals surface area contributed by atoms with Crippen molar-refractivity contribution in [2.45, 2.75) is 12.8 Å². The van der Waals surface area contributed by atoms with Crippen LogP contribution in [0.15, 0.2) is 12.3 Å². The summed E-state index contributed by atoms with van der Waals surface area (Å²) in [6.45, 7) is 1.20. The summed E-state index contributed by atoms with van der Waals surface area (Å²) in [6.07, 6.45) is 2.69. The molecule has 0 atom stereocenters. The average molecular weight is 201 g/mol. The van der Waals surface area contributed by atoms with Crippen molar-refractivity contribution < 1.29 is 8.78 Å². The van der Waals surface area contributed by atoms with E-state index in [2.05, 4.69) is 10.3 Å². The summed E-state index contributed by atoms with van der Waals surface area (Å²) < 4.78 is 25.4. The van der Waals surface area contributed by atoms with Gasteiger partial charge in [0, 0.05) is 12.6 Å². The lowest BCUT2D eigenvalue weighted by atomic mass is 10.3. The molecular formula is C9H13F2N3. The molecule has 5 heteroatoms. The molecule has 0 aliphatic heterocycles. The second-order valence-corrected chi connectivity index (χ2v) is 2.91. The molecule has 78 valence electrons. The van der Waals surface area contributed by atoms with Gasteiger partial charge in [0.25, 0.3) is 0 Å². The van der Waals surface area contributed by atoms with Gasteiger partial charge in [0.15, 0.2) is 11.6 Å². The smallest absolute Gasteiger partial charge is 0.168 e. The zero-order chi connectivity index (χ0) is 10.4. The van der Waals surface area contributed by atoms with E-state index in [1.54, 1.807) is 0 Å². The fourth-order valence-corrected chi connectivity index (χ4v) is 1.02. The third-order valence-corrected chi connectivity index (χ3v) is 1.73. The molecule has 14 heavy (non-hydrogen) atoms. The van der Waals surface area contributed by atoms with Crippen molar-refractivity contribution in [3.05, 3.63) is 23.9 Å². The van der Waals surface area contributed by atoms with Crippen LogP contribution in [0.5, 0.6) is 0 Å². The molecule has 0 aromatic carbocycles. The van der Waals surface area contributed by atoms with E-state index in [1.807, 2.05) is 0 Å². The zero-order valence-corrected chi connectivity index (χ0v) is 7.76. The maximum Gasteiger partial charge on any atom is 0.168 e. The quantitative estimate of drug-likeness (QED) is 0.710. The number of hydrogen-bond acceptors (Lipinski definition) is 3. The largest absolute Gasteiger partial charge is 0.368 e. The third kappa shape index (κ3) is 3.26. The molecule has 0 radical (unpaired) electrons. The first-order valence-corrected chi connectivity index (χ1v) is 4.49. The Kier molecular flexibility index (Phi) is 4.25. The molecule has 0 saturated carbocycles. The van der Waals surface area contributed by atoms with Gasteiger partial charge in [-0.2, -0.15) is 0 Å². The number of anilines is 1. The van der Waals surface area contributed by atoms with Crippen LogP contribution in [0, 0.1) is 11.6 Å². The van der Waals surface area contributed by atoms with E-state index in [4.69, 9.17) is 5.73 Å². The third-order valence-electron chi connectivity index (χ3n) is 1.73. The van der Waals surface area contributed by atoms with E-state index < -0.39 is 11.6 Å². The van der Waals surface area contributed by atoms with Crippen LogP contribution < -0.4 is 11.1 Å². The van der Waals surface area contributed by atoms with Gasteiger partial charge in [0.1, 0.15) is 5.82 Å². The maximum absolute atomic E-state index is 13.0. The first-order valence-electron chi connectivity index (χ1n) is 4.49. The Hall–Kier alpha value is -1.23. The molecule has 0 aliphatic rings. The van der Waals surface area contributed by atoms with E-state index in [0.717, 1.165) is 25.1 Å². The van der Waals surface area contributed by atoms with E-state index in [-0.39, 0.29) is 5.82 Å². The Morgan fingerprint density at radius 3 is 2.79 bits per heavy atom. The van der Waals surface area contributed by atoms with Crippen LogP contribution in [-0.4, -0.2) is 18.1 Å². The average Bonchev–Trinajstić information content (AvgIpc) is 2.15. The normalized spacial score (nSPS) is 10.2. The van der Waals surface area contributed by atoms with Crippen molar-refractivity contribution >= 4 is 5.82 Å². The van der Waals surface area contributed by atoms with Crippen molar-refractivity contribution in [3.8, 4) is 0 Å². The van der Waals surface area contributed by atoms with E-state index in [1.165, 1.54) is 0 Å². The van der Waals surface area contributed by atoms with Gasteiger partial charge in [-0.15, -0.1) is 0 Å². The van der Waals surface area contributed by atoms with E-state index in [9.17, 15) is 8.78 Å². The molecule has 1 rings (SSSR count). The molecule has 1 aromatic heterocycles. The van der Waals surface area contributed by atoms with Gasteiger partial charge in [0.05, 0.1) is 6.20 Å². The van der Waals surface area contributed by atoms with Crippen molar-refractivity contribution in [2.75, 3.05) is 18.4 Å². The molecule has 0 unspecified atom stereocenters. The number of nitrogens with two attached hydrogens (primary N) is 1. The Morgan fingerprint density at radius 2 is 2.14 bits per heavy atom. The monoisotopic (exact) mass is 201 g/mol. The highest BCUT2D eigenvalue weighted by Gasteiger charge is 2.03. The number of pyridine rings is 1. The topological polar surface area (TPSA) is 50.9 Å². The number of nitrogens with one attached hydrogen (secondary N) is 1. The summed E-state index contributed by atoms with van der Waals surface area (Å²) in [5, 5.41) is 2.77. The van der Waals surface area contributed by atoms with E-state index >= 15 is 0 Å². The Morgan fingerprint density at radius 1 is 1.36 bits per heavy atom. The summed E-state index contributed by atoms with van der Waals surface area (Å²) in [7, 11) is 0. The fourth-order valence-electron chi connectivity index (χ4n) is 1.02. The van der Waals surface area contributed by atoms with Crippen LogP contribution in [0.3, 0.4) is 0 Å². The number of rotatable bonds is 5. The van der Waals surface area contributed by atoms with Crippen LogP contribution in [-0.2, 0) is 0 Å². The molecule has 0 saturated heterocycles. The van der Waals surface area contributed by atoms with Gasteiger partial charge in [-0.05, 0) is 19.4 Å². The Labute approximate surface area is 81.3 Å². The predicted octanol–water partition coefficient (Wildman–Crippen LogP) is 1.51. The highest BCUT2D eigenvalue weighted by molar-refractivity contribution is 5.35. The van der Waals surface area contributed by atoms with Crippen LogP contribution in [0.1, 0.15) is 12.8 Å². The number of nitrogens with zero attached hydrogens (tertiary/aromatic N) is 1. The lowest BCUT2D eigenvalue weighted by Crippen LogP contribution is -2.08. The van der Waals surface area contributed by atoms with Gasteiger partial charge in [-0.1, -0.05) is 0 Å². The molecule has 1 aromatic rings. The van der Waals surface area contributed by atoms with Crippen LogP contribution >= 0.6 is 0 Å². The Bertz CT molecular complexity index is 291. The highest BCUT2D eigenvalue weighted by Crippen LogP contribution is 2.10. The summed E-state index contributed by atoms with van der Waals surface area (Å²) in [6, 6.07) is 0.804. The predicted molar refractivity (Wildman–Crippen MR) is 50.9 cm³/mol. The molecular weight excluding hydrogens is 188 g/mol.